The van der Waals surface area contributed by atoms with Crippen molar-refractivity contribution in [3.8, 4) is 11.5 Å². The van der Waals surface area contributed by atoms with Crippen LogP contribution >= 0.6 is 0 Å². The number of ether oxygens (including phenoxy) is 2. The molecule has 1 heterocycles. The molecule has 0 aliphatic carbocycles. The molecule has 3 rings (SSSR count). The van der Waals surface area contributed by atoms with Gasteiger partial charge >= 0.3 is 0 Å². The van der Waals surface area contributed by atoms with Gasteiger partial charge in [-0.3, -0.25) is 4.79 Å². The SMILES string of the molecule is COc1ccc(NCCC(=O)N2CCc3ccccc32)cc1OC. The second-order valence-electron chi connectivity index (χ2n) is 5.67. The van der Waals surface area contributed by atoms with Crippen LogP contribution in [0.2, 0.25) is 0 Å². The average molecular weight is 326 g/mol. The van der Waals surface area contributed by atoms with E-state index in [2.05, 4.69) is 11.4 Å². The Morgan fingerprint density at radius 1 is 1.12 bits per heavy atom. The van der Waals surface area contributed by atoms with Gasteiger partial charge in [0.15, 0.2) is 11.5 Å². The molecule has 0 aromatic heterocycles. The Morgan fingerprint density at radius 3 is 2.71 bits per heavy atom. The number of para-hydroxylation sites is 1. The van der Waals surface area contributed by atoms with E-state index in [4.69, 9.17) is 9.47 Å². The van der Waals surface area contributed by atoms with Crippen LogP contribution in [0.1, 0.15) is 12.0 Å². The van der Waals surface area contributed by atoms with Gasteiger partial charge < -0.3 is 19.7 Å². The molecule has 0 radical (unpaired) electrons. The van der Waals surface area contributed by atoms with Gasteiger partial charge in [-0.05, 0) is 30.2 Å². The van der Waals surface area contributed by atoms with E-state index in [0.717, 1.165) is 24.3 Å². The number of benzene rings is 2. The Balaban J connectivity index is 1.56. The molecule has 5 heteroatoms. The monoisotopic (exact) mass is 326 g/mol. The zero-order chi connectivity index (χ0) is 16.9. The number of carbonyl (C=O) groups excluding carboxylic acids is 1. The summed E-state index contributed by atoms with van der Waals surface area (Å²) >= 11 is 0. The maximum absolute atomic E-state index is 12.5. The Morgan fingerprint density at radius 2 is 1.92 bits per heavy atom. The molecule has 0 saturated carbocycles. The van der Waals surface area contributed by atoms with E-state index in [1.54, 1.807) is 14.2 Å². The van der Waals surface area contributed by atoms with Crippen LogP contribution in [-0.2, 0) is 11.2 Å². The molecule has 0 unspecified atom stereocenters. The molecular formula is C19H22N2O3. The third-order valence-electron chi connectivity index (χ3n) is 4.24. The van der Waals surface area contributed by atoms with Crippen molar-refractivity contribution in [2.24, 2.45) is 0 Å². The fraction of sp³-hybridized carbons (Fsp3) is 0.316. The Hall–Kier alpha value is -2.69. The summed E-state index contributed by atoms with van der Waals surface area (Å²) in [5.74, 6) is 1.50. The van der Waals surface area contributed by atoms with E-state index in [-0.39, 0.29) is 5.91 Å². The van der Waals surface area contributed by atoms with Crippen LogP contribution in [0.25, 0.3) is 0 Å². The Kier molecular flexibility index (Phi) is 4.89. The summed E-state index contributed by atoms with van der Waals surface area (Å²) in [6.45, 7) is 1.35. The van der Waals surface area contributed by atoms with Crippen molar-refractivity contribution in [2.75, 3.05) is 37.5 Å². The third-order valence-corrected chi connectivity index (χ3v) is 4.24. The smallest absolute Gasteiger partial charge is 0.228 e. The summed E-state index contributed by atoms with van der Waals surface area (Å²) in [4.78, 5) is 14.3. The molecule has 1 N–H and O–H groups in total. The van der Waals surface area contributed by atoms with Gasteiger partial charge in [0.05, 0.1) is 14.2 Å². The Labute approximate surface area is 142 Å². The van der Waals surface area contributed by atoms with Crippen LogP contribution in [0, 0.1) is 0 Å². The molecule has 0 saturated heterocycles. The second kappa shape index (κ2) is 7.25. The van der Waals surface area contributed by atoms with Gasteiger partial charge in [-0.1, -0.05) is 18.2 Å². The number of carbonyl (C=O) groups is 1. The van der Waals surface area contributed by atoms with Crippen LogP contribution in [0.5, 0.6) is 11.5 Å². The topological polar surface area (TPSA) is 50.8 Å². The third kappa shape index (κ3) is 3.30. The molecule has 126 valence electrons. The lowest BCUT2D eigenvalue weighted by atomic mass is 10.2. The number of rotatable bonds is 6. The zero-order valence-corrected chi connectivity index (χ0v) is 14.0. The van der Waals surface area contributed by atoms with E-state index in [1.807, 2.05) is 41.3 Å². The van der Waals surface area contributed by atoms with Crippen LogP contribution in [0.4, 0.5) is 11.4 Å². The van der Waals surface area contributed by atoms with E-state index in [1.165, 1.54) is 5.56 Å². The molecule has 5 nitrogen and oxygen atoms in total. The maximum atomic E-state index is 12.5. The van der Waals surface area contributed by atoms with E-state index in [0.29, 0.717) is 24.5 Å². The molecule has 0 atom stereocenters. The lowest BCUT2D eigenvalue weighted by Gasteiger charge is -2.18. The van der Waals surface area contributed by atoms with Crippen LogP contribution in [0.15, 0.2) is 42.5 Å². The average Bonchev–Trinajstić information content (AvgIpc) is 3.05. The highest BCUT2D eigenvalue weighted by Gasteiger charge is 2.23. The molecule has 1 aliphatic rings. The number of hydrogen-bond acceptors (Lipinski definition) is 4. The first-order chi connectivity index (χ1) is 11.7. The van der Waals surface area contributed by atoms with Gasteiger partial charge in [0.25, 0.3) is 0 Å². The van der Waals surface area contributed by atoms with Crippen LogP contribution in [-0.4, -0.2) is 33.2 Å². The molecule has 1 aliphatic heterocycles. The fourth-order valence-electron chi connectivity index (χ4n) is 2.99. The first-order valence-corrected chi connectivity index (χ1v) is 8.07. The zero-order valence-electron chi connectivity index (χ0n) is 14.0. The summed E-state index contributed by atoms with van der Waals surface area (Å²) in [5.41, 5.74) is 3.20. The lowest BCUT2D eigenvalue weighted by Crippen LogP contribution is -2.30. The summed E-state index contributed by atoms with van der Waals surface area (Å²) in [7, 11) is 3.22. The summed E-state index contributed by atoms with van der Waals surface area (Å²) < 4.78 is 10.5. The quantitative estimate of drug-likeness (QED) is 0.886. The minimum atomic E-state index is 0.146. The van der Waals surface area contributed by atoms with Crippen LogP contribution in [0.3, 0.4) is 0 Å². The van der Waals surface area contributed by atoms with Gasteiger partial charge in [0.2, 0.25) is 5.91 Å². The highest BCUT2D eigenvalue weighted by atomic mass is 16.5. The second-order valence-corrected chi connectivity index (χ2v) is 5.67. The van der Waals surface area contributed by atoms with E-state index in [9.17, 15) is 4.79 Å². The first-order valence-electron chi connectivity index (χ1n) is 8.07. The van der Waals surface area contributed by atoms with Crippen molar-refractivity contribution in [3.05, 3.63) is 48.0 Å². The largest absolute Gasteiger partial charge is 0.493 e. The molecule has 2 aromatic rings. The number of nitrogens with zero attached hydrogens (tertiary/aromatic N) is 1. The summed E-state index contributed by atoms with van der Waals surface area (Å²) in [6, 6.07) is 13.7. The number of anilines is 2. The molecule has 24 heavy (non-hydrogen) atoms. The van der Waals surface area contributed by atoms with Crippen LogP contribution < -0.4 is 19.7 Å². The minimum absolute atomic E-state index is 0.146. The van der Waals surface area contributed by atoms with Crippen molar-refractivity contribution in [1.82, 2.24) is 0 Å². The number of fused-ring (bicyclic) bond motifs is 1. The first kappa shape index (κ1) is 16.2. The number of hydrogen-bond donors (Lipinski definition) is 1. The van der Waals surface area contributed by atoms with E-state index < -0.39 is 0 Å². The summed E-state index contributed by atoms with van der Waals surface area (Å²) in [5, 5.41) is 3.27. The molecule has 1 amide bonds. The van der Waals surface area contributed by atoms with Gasteiger partial charge in [0, 0.05) is 37.0 Å². The fourth-order valence-corrected chi connectivity index (χ4v) is 2.99. The summed E-state index contributed by atoms with van der Waals surface area (Å²) in [6.07, 6.45) is 1.38. The Bertz CT molecular complexity index is 730. The van der Waals surface area contributed by atoms with Crippen molar-refractivity contribution in [2.45, 2.75) is 12.8 Å². The van der Waals surface area contributed by atoms with Gasteiger partial charge in [-0.25, -0.2) is 0 Å². The molecular weight excluding hydrogens is 304 g/mol. The predicted octanol–water partition coefficient (Wildman–Crippen LogP) is 3.10. The normalized spacial score (nSPS) is 12.7. The maximum Gasteiger partial charge on any atom is 0.228 e. The highest BCUT2D eigenvalue weighted by molar-refractivity contribution is 5.95. The number of methoxy groups -OCH3 is 2. The minimum Gasteiger partial charge on any atom is -0.493 e. The van der Waals surface area contributed by atoms with Crippen molar-refractivity contribution >= 4 is 17.3 Å². The molecule has 2 aromatic carbocycles. The van der Waals surface area contributed by atoms with Gasteiger partial charge in [-0.15, -0.1) is 0 Å². The van der Waals surface area contributed by atoms with Gasteiger partial charge in [0.1, 0.15) is 0 Å². The van der Waals surface area contributed by atoms with Crippen molar-refractivity contribution < 1.29 is 14.3 Å². The molecule has 0 spiro atoms. The highest BCUT2D eigenvalue weighted by Crippen LogP contribution is 2.30. The van der Waals surface area contributed by atoms with E-state index >= 15 is 0 Å². The van der Waals surface area contributed by atoms with Crippen molar-refractivity contribution in [1.29, 1.82) is 0 Å². The molecule has 0 bridgehead atoms. The molecule has 0 fully saturated rings. The van der Waals surface area contributed by atoms with Gasteiger partial charge in [-0.2, -0.15) is 0 Å². The van der Waals surface area contributed by atoms with Crippen molar-refractivity contribution in [3.63, 3.8) is 0 Å². The number of amides is 1. The number of nitrogens with one attached hydrogen (secondary N) is 1. The predicted molar refractivity (Wildman–Crippen MR) is 95.2 cm³/mol. The standard InChI is InChI=1S/C19H22N2O3/c1-23-17-8-7-15(13-18(17)24-2)20-11-9-19(22)21-12-10-14-5-3-4-6-16(14)21/h3-8,13,20H,9-12H2,1-2H3. The lowest BCUT2D eigenvalue weighted by molar-refractivity contribution is -0.118.